The number of hydrogen-bond donors (Lipinski definition) is 0. The molecule has 0 aliphatic heterocycles. The van der Waals surface area contributed by atoms with Gasteiger partial charge in [-0.2, -0.15) is 0 Å². The molecule has 5 aromatic carbocycles. The molecule has 0 unspecified atom stereocenters. The summed E-state index contributed by atoms with van der Waals surface area (Å²) >= 11 is 0. The van der Waals surface area contributed by atoms with Crippen molar-refractivity contribution in [1.82, 2.24) is 0 Å². The summed E-state index contributed by atoms with van der Waals surface area (Å²) in [5.74, 6) is -0.00142. The van der Waals surface area contributed by atoms with Gasteiger partial charge < -0.3 is 9.47 Å². The summed E-state index contributed by atoms with van der Waals surface area (Å²) in [5.41, 5.74) is 4.07. The molecule has 44 heavy (non-hydrogen) atoms. The van der Waals surface area contributed by atoms with Gasteiger partial charge in [-0.3, -0.25) is 0 Å². The van der Waals surface area contributed by atoms with Crippen LogP contribution in [0.5, 0.6) is 11.5 Å². The van der Waals surface area contributed by atoms with E-state index in [9.17, 15) is 9.59 Å². The number of carbonyl (C=O) groups is 2. The maximum Gasteiger partial charge on any atom is 0.343 e. The molecule has 0 aliphatic rings. The Morgan fingerprint density at radius 2 is 0.773 bits per heavy atom. The second-order valence-corrected chi connectivity index (χ2v) is 14.6. The monoisotopic (exact) mass is 586 g/mol. The van der Waals surface area contributed by atoms with Crippen LogP contribution in [0.1, 0.15) is 99.7 Å². The van der Waals surface area contributed by atoms with Crippen LogP contribution in [0.3, 0.4) is 0 Å². The van der Waals surface area contributed by atoms with Crippen molar-refractivity contribution < 1.29 is 19.1 Å². The predicted molar refractivity (Wildman–Crippen MR) is 180 cm³/mol. The van der Waals surface area contributed by atoms with Gasteiger partial charge in [-0.1, -0.05) is 123 Å². The minimum Gasteiger partial charge on any atom is -0.422 e. The van der Waals surface area contributed by atoms with Gasteiger partial charge >= 0.3 is 11.9 Å². The number of fused-ring (bicyclic) bond motifs is 2. The third kappa shape index (κ3) is 6.26. The highest BCUT2D eigenvalue weighted by atomic mass is 16.5. The normalized spacial score (nSPS) is 12.4. The Balaban J connectivity index is 1.64. The molecule has 0 aliphatic carbocycles. The Morgan fingerprint density at radius 1 is 0.432 bits per heavy atom. The van der Waals surface area contributed by atoms with Gasteiger partial charge in [-0.25, -0.2) is 9.59 Å². The summed E-state index contributed by atoms with van der Waals surface area (Å²) in [4.78, 5) is 27.1. The summed E-state index contributed by atoms with van der Waals surface area (Å²) in [7, 11) is 0. The maximum atomic E-state index is 13.6. The van der Waals surface area contributed by atoms with Crippen molar-refractivity contribution in [2.24, 2.45) is 0 Å². The maximum absolute atomic E-state index is 13.6. The lowest BCUT2D eigenvalue weighted by molar-refractivity contribution is 0.0726. The van der Waals surface area contributed by atoms with E-state index in [1.807, 2.05) is 91.0 Å². The van der Waals surface area contributed by atoms with Gasteiger partial charge in [-0.15, -0.1) is 0 Å². The number of ether oxygens (including phenoxy) is 2. The molecule has 0 amide bonds. The fourth-order valence-electron chi connectivity index (χ4n) is 5.30. The second-order valence-electron chi connectivity index (χ2n) is 14.6. The van der Waals surface area contributed by atoms with Crippen LogP contribution in [0.2, 0.25) is 0 Å². The zero-order valence-electron chi connectivity index (χ0n) is 27.3. The van der Waals surface area contributed by atoms with Crippen molar-refractivity contribution in [3.8, 4) is 11.5 Å². The number of carbonyl (C=O) groups excluding carboxylic acids is 2. The van der Waals surface area contributed by atoms with Gasteiger partial charge in [0.2, 0.25) is 0 Å². The van der Waals surface area contributed by atoms with Crippen LogP contribution in [0.25, 0.3) is 21.5 Å². The molecular weight excluding hydrogens is 544 g/mol. The SMILES string of the molecule is CC(C)(C)c1ccc(C(=O)Oc2c3ccccc3c(OC(=O)c3ccc(C(C)(C)C)cc3)c3cc(C(C)(C)C)ccc23)cc1. The largest absolute Gasteiger partial charge is 0.422 e. The highest BCUT2D eigenvalue weighted by molar-refractivity contribution is 6.14. The van der Waals surface area contributed by atoms with Crippen molar-refractivity contribution >= 4 is 33.5 Å². The fraction of sp³-hybridized carbons (Fsp3) is 0.300. The number of benzene rings is 5. The smallest absolute Gasteiger partial charge is 0.343 e. The molecule has 4 heteroatoms. The molecule has 5 rings (SSSR count). The minimum atomic E-state index is -0.444. The Bertz CT molecular complexity index is 1860. The second kappa shape index (κ2) is 11.2. The first-order chi connectivity index (χ1) is 20.5. The van der Waals surface area contributed by atoms with E-state index < -0.39 is 11.9 Å². The molecule has 0 spiro atoms. The lowest BCUT2D eigenvalue weighted by atomic mass is 9.85. The van der Waals surface area contributed by atoms with Gasteiger partial charge in [0, 0.05) is 21.5 Å². The van der Waals surface area contributed by atoms with Gasteiger partial charge in [0.25, 0.3) is 0 Å². The Labute approximate surface area is 261 Å². The molecular formula is C40H42O4. The van der Waals surface area contributed by atoms with Crippen LogP contribution in [0.15, 0.2) is 91.0 Å². The van der Waals surface area contributed by atoms with Crippen molar-refractivity contribution in [1.29, 1.82) is 0 Å². The van der Waals surface area contributed by atoms with Crippen LogP contribution in [-0.4, -0.2) is 11.9 Å². The summed E-state index contributed by atoms with van der Waals surface area (Å²) in [6.45, 7) is 19.3. The van der Waals surface area contributed by atoms with Crippen molar-refractivity contribution in [2.75, 3.05) is 0 Å². The zero-order chi connectivity index (χ0) is 32.0. The molecule has 0 N–H and O–H groups in total. The van der Waals surface area contributed by atoms with E-state index in [-0.39, 0.29) is 16.2 Å². The zero-order valence-corrected chi connectivity index (χ0v) is 27.3. The molecule has 0 aromatic heterocycles. The molecule has 0 bridgehead atoms. The van der Waals surface area contributed by atoms with E-state index in [1.54, 1.807) is 0 Å². The summed E-state index contributed by atoms with van der Waals surface area (Å²) in [5, 5.41) is 2.79. The van der Waals surface area contributed by atoms with Crippen molar-refractivity contribution in [3.63, 3.8) is 0 Å². The average molecular weight is 587 g/mol. The molecule has 5 aromatic rings. The minimum absolute atomic E-state index is 0.0263. The van der Waals surface area contributed by atoms with Gasteiger partial charge in [0.15, 0.2) is 0 Å². The van der Waals surface area contributed by atoms with Crippen LogP contribution in [0, 0.1) is 0 Å². The van der Waals surface area contributed by atoms with E-state index in [0.717, 1.165) is 16.7 Å². The molecule has 0 atom stereocenters. The average Bonchev–Trinajstić information content (AvgIpc) is 2.97. The van der Waals surface area contributed by atoms with Crippen LogP contribution in [0.4, 0.5) is 0 Å². The van der Waals surface area contributed by atoms with Crippen molar-refractivity contribution in [2.45, 2.75) is 78.6 Å². The molecule has 4 nitrogen and oxygen atoms in total. The predicted octanol–water partition coefficient (Wildman–Crippen LogP) is 10.3. The molecule has 0 heterocycles. The number of hydrogen-bond acceptors (Lipinski definition) is 4. The van der Waals surface area contributed by atoms with Crippen molar-refractivity contribution in [3.05, 3.63) is 119 Å². The van der Waals surface area contributed by atoms with E-state index in [0.29, 0.717) is 44.2 Å². The Morgan fingerprint density at radius 3 is 1.16 bits per heavy atom. The van der Waals surface area contributed by atoms with Gasteiger partial charge in [0.1, 0.15) is 11.5 Å². The van der Waals surface area contributed by atoms with E-state index in [4.69, 9.17) is 9.47 Å². The molecule has 0 saturated carbocycles. The summed E-state index contributed by atoms with van der Waals surface area (Å²) in [6.07, 6.45) is 0. The highest BCUT2D eigenvalue weighted by Crippen LogP contribution is 2.44. The first-order valence-electron chi connectivity index (χ1n) is 15.2. The fourth-order valence-corrected chi connectivity index (χ4v) is 5.30. The summed E-state index contributed by atoms with van der Waals surface area (Å²) < 4.78 is 12.4. The van der Waals surface area contributed by atoms with Gasteiger partial charge in [-0.05, 0) is 63.3 Å². The van der Waals surface area contributed by atoms with Gasteiger partial charge in [0.05, 0.1) is 11.1 Å². The molecule has 0 fully saturated rings. The quantitative estimate of drug-likeness (QED) is 0.119. The number of esters is 2. The summed E-state index contributed by atoms with van der Waals surface area (Å²) in [6, 6.07) is 28.8. The molecule has 0 radical (unpaired) electrons. The van der Waals surface area contributed by atoms with E-state index in [1.165, 1.54) is 0 Å². The third-order valence-corrected chi connectivity index (χ3v) is 8.15. The molecule has 0 saturated heterocycles. The first-order valence-corrected chi connectivity index (χ1v) is 15.2. The highest BCUT2D eigenvalue weighted by Gasteiger charge is 2.24. The standard InChI is InChI=1S/C40H42O4/c1-38(2,3)27-18-14-25(15-19-27)36(41)43-34-30-12-10-11-13-31(30)35(33-24-29(40(7,8)9)22-23-32(33)34)44-37(42)26-16-20-28(21-17-26)39(4,5)6/h10-24H,1-9H3. The van der Waals surface area contributed by atoms with Crippen LogP contribution >= 0.6 is 0 Å². The lowest BCUT2D eigenvalue weighted by Gasteiger charge is -2.22. The lowest BCUT2D eigenvalue weighted by Crippen LogP contribution is -2.14. The van der Waals surface area contributed by atoms with E-state index in [2.05, 4.69) is 62.3 Å². The third-order valence-electron chi connectivity index (χ3n) is 8.15. The van der Waals surface area contributed by atoms with Crippen LogP contribution < -0.4 is 9.47 Å². The Hall–Kier alpha value is -4.44. The molecule has 226 valence electrons. The van der Waals surface area contributed by atoms with Crippen LogP contribution in [-0.2, 0) is 16.2 Å². The number of rotatable bonds is 4. The van der Waals surface area contributed by atoms with E-state index >= 15 is 0 Å². The Kier molecular flexibility index (Phi) is 7.92. The topological polar surface area (TPSA) is 52.6 Å². The first kappa shape index (κ1) is 31.0.